The van der Waals surface area contributed by atoms with E-state index in [2.05, 4.69) is 4.90 Å². The van der Waals surface area contributed by atoms with Crippen LogP contribution in [0.3, 0.4) is 0 Å². The average Bonchev–Trinajstić information content (AvgIpc) is 3.04. The summed E-state index contributed by atoms with van der Waals surface area (Å²) in [6.45, 7) is 3.17. The first kappa shape index (κ1) is 17.3. The summed E-state index contributed by atoms with van der Waals surface area (Å²) in [6, 6.07) is 8.05. The van der Waals surface area contributed by atoms with Gasteiger partial charge >= 0.3 is 12.1 Å². The highest BCUT2D eigenvalue weighted by molar-refractivity contribution is 5.48. The fraction of sp³-hybridized carbons (Fsp3) is 0.375. The first-order chi connectivity index (χ1) is 11.8. The maximum Gasteiger partial charge on any atom is 0.433 e. The molecule has 25 heavy (non-hydrogen) atoms. The van der Waals surface area contributed by atoms with Crippen molar-refractivity contribution < 1.29 is 22.5 Å². The fourth-order valence-electron chi connectivity index (χ4n) is 2.80. The van der Waals surface area contributed by atoms with Crippen molar-refractivity contribution in [1.29, 1.82) is 0 Å². The minimum absolute atomic E-state index is 0.279. The van der Waals surface area contributed by atoms with E-state index >= 15 is 0 Å². The Labute approximate surface area is 141 Å². The molecular weight excluding hydrogens is 339 g/mol. The highest BCUT2D eigenvalue weighted by Gasteiger charge is 2.30. The summed E-state index contributed by atoms with van der Waals surface area (Å²) in [5, 5.41) is 10.6. The van der Waals surface area contributed by atoms with Crippen LogP contribution in [0, 0.1) is 10.1 Å². The maximum atomic E-state index is 12.6. The molecule has 2 heterocycles. The standard InChI is InChI=1S/C16H16F3N3O3/c17-16(18,19)12-1-3-13(4-2-12)21-9-7-20(8-10-21)11-14-5-6-15(25-14)22(23)24/h1-6H,7-11H2. The van der Waals surface area contributed by atoms with E-state index in [4.69, 9.17) is 4.42 Å². The van der Waals surface area contributed by atoms with Crippen LogP contribution in [0.2, 0.25) is 0 Å². The highest BCUT2D eigenvalue weighted by atomic mass is 19.4. The van der Waals surface area contributed by atoms with E-state index in [0.717, 1.165) is 17.8 Å². The first-order valence-electron chi connectivity index (χ1n) is 7.70. The molecule has 1 aliphatic heterocycles. The third-order valence-electron chi connectivity index (χ3n) is 4.14. The lowest BCUT2D eigenvalue weighted by Crippen LogP contribution is -2.45. The molecule has 0 spiro atoms. The van der Waals surface area contributed by atoms with Gasteiger partial charge in [-0.2, -0.15) is 13.2 Å². The minimum Gasteiger partial charge on any atom is -0.404 e. The Balaban J connectivity index is 1.55. The van der Waals surface area contributed by atoms with E-state index < -0.39 is 16.7 Å². The number of anilines is 1. The molecule has 0 atom stereocenters. The molecule has 1 fully saturated rings. The van der Waals surface area contributed by atoms with E-state index in [1.807, 2.05) is 4.90 Å². The zero-order valence-electron chi connectivity index (χ0n) is 13.2. The van der Waals surface area contributed by atoms with Crippen molar-refractivity contribution in [3.05, 3.63) is 57.8 Å². The molecule has 1 aromatic carbocycles. The summed E-state index contributed by atoms with van der Waals surface area (Å²) in [4.78, 5) is 14.1. The predicted octanol–water partition coefficient (Wildman–Crippen LogP) is 3.53. The Bertz CT molecular complexity index is 735. The van der Waals surface area contributed by atoms with Crippen molar-refractivity contribution in [2.45, 2.75) is 12.7 Å². The van der Waals surface area contributed by atoms with Crippen molar-refractivity contribution in [3.63, 3.8) is 0 Å². The molecular formula is C16H16F3N3O3. The Hall–Kier alpha value is -2.55. The largest absolute Gasteiger partial charge is 0.433 e. The van der Waals surface area contributed by atoms with Crippen molar-refractivity contribution >= 4 is 11.6 Å². The molecule has 0 bridgehead atoms. The van der Waals surface area contributed by atoms with Gasteiger partial charge < -0.3 is 9.32 Å². The number of nitro groups is 1. The fourth-order valence-corrected chi connectivity index (χ4v) is 2.80. The van der Waals surface area contributed by atoms with Gasteiger partial charge in [-0.15, -0.1) is 0 Å². The summed E-state index contributed by atoms with van der Waals surface area (Å²) >= 11 is 0. The van der Waals surface area contributed by atoms with Crippen LogP contribution in [0.4, 0.5) is 24.7 Å². The van der Waals surface area contributed by atoms with Gasteiger partial charge in [0.1, 0.15) is 10.7 Å². The molecule has 1 aliphatic rings. The van der Waals surface area contributed by atoms with Crippen LogP contribution in [0.1, 0.15) is 11.3 Å². The zero-order valence-corrected chi connectivity index (χ0v) is 13.2. The second-order valence-corrected chi connectivity index (χ2v) is 5.80. The second-order valence-electron chi connectivity index (χ2n) is 5.80. The summed E-state index contributed by atoms with van der Waals surface area (Å²) in [7, 11) is 0. The monoisotopic (exact) mass is 355 g/mol. The highest BCUT2D eigenvalue weighted by Crippen LogP contribution is 2.30. The predicted molar refractivity (Wildman–Crippen MR) is 84.3 cm³/mol. The van der Waals surface area contributed by atoms with Gasteiger partial charge in [0.25, 0.3) is 0 Å². The van der Waals surface area contributed by atoms with Crippen molar-refractivity contribution in [1.82, 2.24) is 4.90 Å². The summed E-state index contributed by atoms with van der Waals surface area (Å²) < 4.78 is 42.9. The molecule has 0 unspecified atom stereocenters. The first-order valence-corrected chi connectivity index (χ1v) is 7.70. The van der Waals surface area contributed by atoms with Crippen LogP contribution in [0.15, 0.2) is 40.8 Å². The molecule has 134 valence electrons. The van der Waals surface area contributed by atoms with E-state index in [1.54, 1.807) is 6.07 Å². The number of piperazine rings is 1. The normalized spacial score (nSPS) is 16.2. The molecule has 0 N–H and O–H groups in total. The quantitative estimate of drug-likeness (QED) is 0.620. The molecule has 3 rings (SSSR count). The Morgan fingerprint density at radius 1 is 1.04 bits per heavy atom. The van der Waals surface area contributed by atoms with Gasteiger partial charge in [-0.1, -0.05) is 0 Å². The van der Waals surface area contributed by atoms with Crippen LogP contribution < -0.4 is 4.90 Å². The maximum absolute atomic E-state index is 12.6. The van der Waals surface area contributed by atoms with Gasteiger partial charge in [0.2, 0.25) is 0 Å². The van der Waals surface area contributed by atoms with Crippen LogP contribution in [0.25, 0.3) is 0 Å². The van der Waals surface area contributed by atoms with Crippen LogP contribution >= 0.6 is 0 Å². The third kappa shape index (κ3) is 4.11. The molecule has 2 aromatic rings. The van der Waals surface area contributed by atoms with Gasteiger partial charge in [0.15, 0.2) is 0 Å². The number of furan rings is 1. The number of benzene rings is 1. The summed E-state index contributed by atoms with van der Waals surface area (Å²) in [5.74, 6) is 0.244. The number of halogens is 3. The topological polar surface area (TPSA) is 62.8 Å². The van der Waals surface area contributed by atoms with Gasteiger partial charge in [-0.05, 0) is 30.3 Å². The van der Waals surface area contributed by atoms with Gasteiger partial charge in [0.05, 0.1) is 18.2 Å². The smallest absolute Gasteiger partial charge is 0.404 e. The van der Waals surface area contributed by atoms with Crippen LogP contribution in [0.5, 0.6) is 0 Å². The van der Waals surface area contributed by atoms with Crippen LogP contribution in [-0.4, -0.2) is 36.0 Å². The zero-order chi connectivity index (χ0) is 18.0. The number of nitrogens with zero attached hydrogens (tertiary/aromatic N) is 3. The Kier molecular flexibility index (Phi) is 4.67. The van der Waals surface area contributed by atoms with Crippen molar-refractivity contribution in [2.75, 3.05) is 31.1 Å². The SMILES string of the molecule is O=[N+]([O-])c1ccc(CN2CCN(c3ccc(C(F)(F)F)cc3)CC2)o1. The Morgan fingerprint density at radius 2 is 1.68 bits per heavy atom. The number of hydrogen-bond donors (Lipinski definition) is 0. The summed E-state index contributed by atoms with van der Waals surface area (Å²) in [6.07, 6.45) is -4.33. The molecule has 1 aromatic heterocycles. The van der Waals surface area contributed by atoms with Crippen molar-refractivity contribution in [2.24, 2.45) is 0 Å². The van der Waals surface area contributed by atoms with Crippen molar-refractivity contribution in [3.8, 4) is 0 Å². The summed E-state index contributed by atoms with van der Waals surface area (Å²) in [5.41, 5.74) is 0.0931. The molecule has 9 heteroatoms. The van der Waals surface area contributed by atoms with E-state index in [9.17, 15) is 23.3 Å². The van der Waals surface area contributed by atoms with Gasteiger partial charge in [-0.25, -0.2) is 0 Å². The second kappa shape index (κ2) is 6.75. The van der Waals surface area contributed by atoms with E-state index in [1.165, 1.54) is 18.2 Å². The molecule has 0 aliphatic carbocycles. The lowest BCUT2D eigenvalue weighted by Gasteiger charge is -2.35. The lowest BCUT2D eigenvalue weighted by atomic mass is 10.1. The van der Waals surface area contributed by atoms with E-state index in [-0.39, 0.29) is 5.88 Å². The number of hydrogen-bond acceptors (Lipinski definition) is 5. The molecule has 1 saturated heterocycles. The van der Waals surface area contributed by atoms with Crippen LogP contribution in [-0.2, 0) is 12.7 Å². The average molecular weight is 355 g/mol. The Morgan fingerprint density at radius 3 is 2.20 bits per heavy atom. The number of alkyl halides is 3. The molecule has 0 amide bonds. The minimum atomic E-state index is -4.33. The lowest BCUT2D eigenvalue weighted by molar-refractivity contribution is -0.402. The molecule has 0 radical (unpaired) electrons. The molecule has 0 saturated carbocycles. The van der Waals surface area contributed by atoms with E-state index in [0.29, 0.717) is 38.5 Å². The van der Waals surface area contributed by atoms with Gasteiger partial charge in [-0.3, -0.25) is 15.0 Å². The third-order valence-corrected chi connectivity index (χ3v) is 4.14. The molecule has 6 nitrogen and oxygen atoms in total. The number of rotatable bonds is 4. The van der Waals surface area contributed by atoms with Gasteiger partial charge in [0, 0.05) is 31.9 Å².